The van der Waals surface area contributed by atoms with Crippen molar-refractivity contribution in [3.8, 4) is 0 Å². The van der Waals surface area contributed by atoms with Crippen molar-refractivity contribution in [2.75, 3.05) is 4.42 Å². The van der Waals surface area contributed by atoms with E-state index < -0.39 is 33.6 Å². The third-order valence-electron chi connectivity index (χ3n) is 4.71. The molecule has 0 fully saturated rings. The van der Waals surface area contributed by atoms with Crippen LogP contribution in [-0.4, -0.2) is 37.0 Å². The highest BCUT2D eigenvalue weighted by Crippen LogP contribution is 2.29. The summed E-state index contributed by atoms with van der Waals surface area (Å²) in [5.41, 5.74) is 5.77. The molecule has 11 heteroatoms. The number of halogens is 1. The van der Waals surface area contributed by atoms with E-state index in [1.54, 1.807) is 26.8 Å². The van der Waals surface area contributed by atoms with Crippen molar-refractivity contribution < 1.29 is 17.9 Å². The van der Waals surface area contributed by atoms with Crippen LogP contribution < -0.4 is 14.9 Å². The van der Waals surface area contributed by atoms with Crippen LogP contribution in [0.2, 0.25) is 0 Å². The summed E-state index contributed by atoms with van der Waals surface area (Å²) in [5.74, 6) is -1.08. The molecule has 0 bridgehead atoms. The number of nitrogens with two attached hydrogens (primary N) is 1. The molecule has 0 aliphatic carbocycles. The van der Waals surface area contributed by atoms with Gasteiger partial charge in [0, 0.05) is 28.7 Å². The maximum atomic E-state index is 13.2. The van der Waals surface area contributed by atoms with Crippen molar-refractivity contribution in [1.82, 2.24) is 9.71 Å². The van der Waals surface area contributed by atoms with E-state index in [1.165, 1.54) is 24.5 Å². The molecule has 0 saturated carbocycles. The van der Waals surface area contributed by atoms with Gasteiger partial charge in [0.25, 0.3) is 0 Å². The summed E-state index contributed by atoms with van der Waals surface area (Å²) in [7, 11) is -4.11. The number of pyridine rings is 1. The van der Waals surface area contributed by atoms with Crippen LogP contribution in [0.15, 0.2) is 65.8 Å². The molecule has 34 heavy (non-hydrogen) atoms. The first-order valence-electron chi connectivity index (χ1n) is 10.3. The smallest absolute Gasteiger partial charge is 0.325 e. The van der Waals surface area contributed by atoms with E-state index >= 15 is 0 Å². The average Bonchev–Trinajstić information content (AvgIpc) is 2.76. The molecular formula is C23H26ClN5O4S. The summed E-state index contributed by atoms with van der Waals surface area (Å²) < 4.78 is 35.4. The van der Waals surface area contributed by atoms with Gasteiger partial charge >= 0.3 is 5.97 Å². The van der Waals surface area contributed by atoms with Gasteiger partial charge in [-0.15, -0.1) is 0 Å². The predicted molar refractivity (Wildman–Crippen MR) is 132 cm³/mol. The second-order valence-electron chi connectivity index (χ2n) is 8.60. The zero-order valence-electron chi connectivity index (χ0n) is 18.9. The zero-order valence-corrected chi connectivity index (χ0v) is 20.5. The quantitative estimate of drug-likeness (QED) is 0.194. The Bertz CT molecular complexity index is 1310. The molecular weight excluding hydrogens is 478 g/mol. The molecule has 4 N–H and O–H groups in total. The molecule has 1 heterocycles. The number of benzene rings is 2. The Morgan fingerprint density at radius 2 is 1.88 bits per heavy atom. The van der Waals surface area contributed by atoms with Crippen LogP contribution in [0.25, 0.3) is 10.8 Å². The fourth-order valence-electron chi connectivity index (χ4n) is 3.24. The number of guanidine groups is 1. The Morgan fingerprint density at radius 1 is 1.21 bits per heavy atom. The van der Waals surface area contributed by atoms with Gasteiger partial charge in [0.05, 0.1) is 16.8 Å². The molecule has 180 valence electrons. The lowest BCUT2D eigenvalue weighted by Crippen LogP contribution is -2.45. The maximum absolute atomic E-state index is 13.2. The molecule has 0 saturated heterocycles. The Balaban J connectivity index is 1.95. The Morgan fingerprint density at radius 3 is 2.50 bits per heavy atom. The second-order valence-corrected chi connectivity index (χ2v) is 10.7. The summed E-state index contributed by atoms with van der Waals surface area (Å²) >= 11 is 6.05. The van der Waals surface area contributed by atoms with Crippen LogP contribution in [0.3, 0.4) is 0 Å². The van der Waals surface area contributed by atoms with Gasteiger partial charge in [-0.3, -0.25) is 15.2 Å². The van der Waals surface area contributed by atoms with Gasteiger partial charge in [-0.1, -0.05) is 36.4 Å². The minimum atomic E-state index is -4.11. The summed E-state index contributed by atoms with van der Waals surface area (Å²) in [5, 5.41) is 8.53. The number of ether oxygens (including phenoxy) is 1. The fraction of sp³-hybridized carbons (Fsp3) is 0.261. The van der Waals surface area contributed by atoms with Crippen molar-refractivity contribution in [3.05, 3.63) is 66.5 Å². The normalized spacial score (nSPS) is 12.8. The number of carbonyl (C=O) groups is 1. The first-order valence-corrected chi connectivity index (χ1v) is 12.2. The molecule has 3 aromatic rings. The fourth-order valence-corrected chi connectivity index (χ4v) is 4.60. The predicted octanol–water partition coefficient (Wildman–Crippen LogP) is 3.32. The highest BCUT2D eigenvalue weighted by atomic mass is 35.5. The van der Waals surface area contributed by atoms with Crippen molar-refractivity contribution >= 4 is 50.2 Å². The number of carbonyl (C=O) groups excluding carboxylic acids is 1. The van der Waals surface area contributed by atoms with E-state index in [4.69, 9.17) is 27.7 Å². The molecule has 0 amide bonds. The number of esters is 1. The van der Waals surface area contributed by atoms with Crippen LogP contribution in [0.4, 0.5) is 5.69 Å². The van der Waals surface area contributed by atoms with Gasteiger partial charge in [-0.25, -0.2) is 12.8 Å². The summed E-state index contributed by atoms with van der Waals surface area (Å²) in [6.07, 6.45) is 3.01. The monoisotopic (exact) mass is 503 g/mol. The SMILES string of the molecule is CC(C)(C)OC(=O)[C@H](Cc1ccccc1)NS(=O)(=O)c1ccc2c(N(Cl)C(=N)N)cncc2c1. The standard InChI is InChI=1S/C23H26ClN5O4S/c1-23(2,3)33-21(30)19(11-15-7-5-4-6-8-15)28-34(31,32)17-9-10-18-16(12-17)13-27-14-20(18)29(24)22(25)26/h4-10,12-14,19,28H,11H2,1-3H3,(H3,25,26)/t19-/m0/s1. The van der Waals surface area contributed by atoms with E-state index in [2.05, 4.69) is 9.71 Å². The van der Waals surface area contributed by atoms with E-state index in [9.17, 15) is 13.2 Å². The van der Waals surface area contributed by atoms with E-state index in [-0.39, 0.29) is 11.3 Å². The Labute approximate surface area is 203 Å². The van der Waals surface area contributed by atoms with Crippen LogP contribution in [-0.2, 0) is 26.0 Å². The largest absolute Gasteiger partial charge is 0.459 e. The Kier molecular flexibility index (Phi) is 7.44. The lowest BCUT2D eigenvalue weighted by Gasteiger charge is -2.24. The van der Waals surface area contributed by atoms with Gasteiger partial charge in [0.15, 0.2) is 0 Å². The Hall–Kier alpha value is -3.21. The number of rotatable bonds is 7. The number of hydrogen-bond acceptors (Lipinski definition) is 6. The van der Waals surface area contributed by atoms with Gasteiger partial charge in [0.1, 0.15) is 11.6 Å². The third-order valence-corrected chi connectivity index (χ3v) is 6.55. The van der Waals surface area contributed by atoms with Gasteiger partial charge < -0.3 is 10.5 Å². The maximum Gasteiger partial charge on any atom is 0.325 e. The zero-order chi connectivity index (χ0) is 25.1. The average molecular weight is 504 g/mol. The minimum absolute atomic E-state index is 0.0653. The molecule has 0 aliphatic heterocycles. The van der Waals surface area contributed by atoms with Gasteiger partial charge in [-0.2, -0.15) is 4.72 Å². The molecule has 0 spiro atoms. The first-order chi connectivity index (χ1) is 15.9. The summed E-state index contributed by atoms with van der Waals surface area (Å²) in [6.45, 7) is 5.15. The van der Waals surface area contributed by atoms with Crippen LogP contribution in [0, 0.1) is 5.41 Å². The minimum Gasteiger partial charge on any atom is -0.459 e. The first kappa shape index (κ1) is 25.4. The van der Waals surface area contributed by atoms with Crippen LogP contribution in [0.1, 0.15) is 26.3 Å². The van der Waals surface area contributed by atoms with E-state index in [0.29, 0.717) is 16.5 Å². The van der Waals surface area contributed by atoms with Gasteiger partial charge in [0.2, 0.25) is 16.0 Å². The molecule has 0 radical (unpaired) electrons. The van der Waals surface area contributed by atoms with Gasteiger partial charge in [-0.05, 0) is 44.9 Å². The van der Waals surface area contributed by atoms with Crippen molar-refractivity contribution in [3.63, 3.8) is 0 Å². The summed E-state index contributed by atoms with van der Waals surface area (Å²) in [6, 6.07) is 12.3. The molecule has 0 unspecified atom stereocenters. The van der Waals surface area contributed by atoms with E-state index in [0.717, 1.165) is 9.98 Å². The molecule has 9 nitrogen and oxygen atoms in total. The number of aromatic nitrogens is 1. The lowest BCUT2D eigenvalue weighted by molar-refractivity contribution is -0.156. The van der Waals surface area contributed by atoms with Crippen molar-refractivity contribution in [1.29, 1.82) is 5.41 Å². The number of nitrogens with one attached hydrogen (secondary N) is 2. The summed E-state index contributed by atoms with van der Waals surface area (Å²) in [4.78, 5) is 16.8. The molecule has 2 aromatic carbocycles. The van der Waals surface area contributed by atoms with E-state index in [1.807, 2.05) is 30.3 Å². The second kappa shape index (κ2) is 9.96. The lowest BCUT2D eigenvalue weighted by atomic mass is 10.1. The highest BCUT2D eigenvalue weighted by molar-refractivity contribution is 7.89. The third kappa shape index (κ3) is 6.22. The number of hydrogen-bond donors (Lipinski definition) is 3. The van der Waals surface area contributed by atoms with Crippen LogP contribution in [0.5, 0.6) is 0 Å². The number of anilines is 1. The number of fused-ring (bicyclic) bond motifs is 1. The van der Waals surface area contributed by atoms with Crippen LogP contribution >= 0.6 is 11.8 Å². The molecule has 1 aromatic heterocycles. The van der Waals surface area contributed by atoms with Crippen molar-refractivity contribution in [2.45, 2.75) is 43.7 Å². The molecule has 1 atom stereocenters. The number of nitrogens with zero attached hydrogens (tertiary/aromatic N) is 2. The topological polar surface area (TPSA) is 138 Å². The molecule has 0 aliphatic rings. The highest BCUT2D eigenvalue weighted by Gasteiger charge is 2.30. The number of sulfonamides is 1. The van der Waals surface area contributed by atoms with Crippen molar-refractivity contribution in [2.24, 2.45) is 5.73 Å². The molecule has 3 rings (SSSR count).